The van der Waals surface area contributed by atoms with Crippen molar-refractivity contribution in [2.45, 2.75) is 37.1 Å². The Morgan fingerprint density at radius 2 is 2.07 bits per heavy atom. The lowest BCUT2D eigenvalue weighted by molar-refractivity contribution is 0.374. The maximum Gasteiger partial charge on any atom is 0.239 e. The van der Waals surface area contributed by atoms with E-state index >= 15 is 0 Å². The summed E-state index contributed by atoms with van der Waals surface area (Å²) in [4.78, 5) is 5.54. The standard InChI is InChI=1S/C20H21N5O2S2/c1-4-8-17-21-19(27-24-17)13(2)29-20-23-22-18(16-11-7-12-28-16)25(20)14-9-5-6-10-15(14)26-3/h5-7,9-13H,4,8H2,1-3H3/t13-/m1/s1. The summed E-state index contributed by atoms with van der Waals surface area (Å²) in [5.74, 6) is 2.85. The first-order valence-corrected chi connectivity index (χ1v) is 11.1. The van der Waals surface area contributed by atoms with Gasteiger partial charge in [0.2, 0.25) is 5.89 Å². The van der Waals surface area contributed by atoms with Crippen molar-refractivity contribution in [3.05, 3.63) is 53.5 Å². The zero-order valence-corrected chi connectivity index (χ0v) is 18.0. The summed E-state index contributed by atoms with van der Waals surface area (Å²) in [5.41, 5.74) is 0.885. The molecule has 0 amide bonds. The van der Waals surface area contributed by atoms with Gasteiger partial charge in [0.1, 0.15) is 5.75 Å². The van der Waals surface area contributed by atoms with E-state index in [4.69, 9.17) is 9.26 Å². The SMILES string of the molecule is CCCc1noc([C@@H](C)Sc2nnc(-c3cccs3)n2-c2ccccc2OC)n1. The van der Waals surface area contributed by atoms with E-state index in [1.54, 1.807) is 18.4 Å². The van der Waals surface area contributed by atoms with E-state index in [9.17, 15) is 0 Å². The third-order valence-electron chi connectivity index (χ3n) is 4.29. The second-order valence-electron chi connectivity index (χ2n) is 6.35. The van der Waals surface area contributed by atoms with Gasteiger partial charge in [-0.1, -0.05) is 42.0 Å². The highest BCUT2D eigenvalue weighted by Crippen LogP contribution is 2.39. The van der Waals surface area contributed by atoms with Crippen molar-refractivity contribution in [1.82, 2.24) is 24.9 Å². The number of nitrogens with zero attached hydrogens (tertiary/aromatic N) is 5. The maximum absolute atomic E-state index is 5.59. The van der Waals surface area contributed by atoms with E-state index in [0.29, 0.717) is 5.89 Å². The van der Waals surface area contributed by atoms with E-state index < -0.39 is 0 Å². The van der Waals surface area contributed by atoms with Crippen molar-refractivity contribution >= 4 is 23.1 Å². The Morgan fingerprint density at radius 3 is 2.83 bits per heavy atom. The Labute approximate surface area is 177 Å². The zero-order valence-electron chi connectivity index (χ0n) is 16.4. The summed E-state index contributed by atoms with van der Waals surface area (Å²) in [5, 5.41) is 15.7. The number of thiophene rings is 1. The second kappa shape index (κ2) is 8.79. The minimum Gasteiger partial charge on any atom is -0.495 e. The minimum atomic E-state index is -0.0676. The van der Waals surface area contributed by atoms with E-state index in [1.165, 1.54) is 11.8 Å². The van der Waals surface area contributed by atoms with Crippen molar-refractivity contribution in [2.75, 3.05) is 7.11 Å². The highest BCUT2D eigenvalue weighted by atomic mass is 32.2. The molecule has 0 saturated carbocycles. The molecule has 3 heterocycles. The van der Waals surface area contributed by atoms with E-state index in [-0.39, 0.29) is 5.25 Å². The Hall–Kier alpha value is -2.65. The van der Waals surface area contributed by atoms with Crippen LogP contribution in [0.5, 0.6) is 5.75 Å². The fraction of sp³-hybridized carbons (Fsp3) is 0.300. The summed E-state index contributed by atoms with van der Waals surface area (Å²) < 4.78 is 13.1. The van der Waals surface area contributed by atoms with E-state index in [0.717, 1.165) is 46.0 Å². The van der Waals surface area contributed by atoms with Gasteiger partial charge in [-0.25, -0.2) is 0 Å². The number of methoxy groups -OCH3 is 1. The topological polar surface area (TPSA) is 78.9 Å². The largest absolute Gasteiger partial charge is 0.495 e. The number of aromatic nitrogens is 5. The molecule has 0 aliphatic carbocycles. The predicted molar refractivity (Wildman–Crippen MR) is 114 cm³/mol. The van der Waals surface area contributed by atoms with Gasteiger partial charge in [-0.05, 0) is 36.9 Å². The number of ether oxygens (including phenoxy) is 1. The summed E-state index contributed by atoms with van der Waals surface area (Å²) >= 11 is 3.15. The van der Waals surface area contributed by atoms with Gasteiger partial charge < -0.3 is 9.26 Å². The Morgan fingerprint density at radius 1 is 1.21 bits per heavy atom. The Kier molecular flexibility index (Phi) is 5.96. The molecule has 0 N–H and O–H groups in total. The van der Waals surface area contributed by atoms with Crippen molar-refractivity contribution in [3.8, 4) is 22.1 Å². The summed E-state index contributed by atoms with van der Waals surface area (Å²) in [6.07, 6.45) is 1.79. The van der Waals surface area contributed by atoms with Crippen LogP contribution in [0.4, 0.5) is 0 Å². The fourth-order valence-electron chi connectivity index (χ4n) is 2.91. The summed E-state index contributed by atoms with van der Waals surface area (Å²) in [6.45, 7) is 4.12. The van der Waals surface area contributed by atoms with Gasteiger partial charge in [-0.15, -0.1) is 21.5 Å². The molecule has 0 spiro atoms. The molecular formula is C20H21N5O2S2. The molecule has 0 unspecified atom stereocenters. The lowest BCUT2D eigenvalue weighted by Gasteiger charge is -2.14. The Bertz CT molecular complexity index is 1070. The smallest absolute Gasteiger partial charge is 0.239 e. The quantitative estimate of drug-likeness (QED) is 0.358. The normalized spacial score (nSPS) is 12.2. The zero-order chi connectivity index (χ0) is 20.2. The average molecular weight is 428 g/mol. The van der Waals surface area contributed by atoms with Crippen LogP contribution >= 0.6 is 23.1 Å². The first-order chi connectivity index (χ1) is 14.2. The third-order valence-corrected chi connectivity index (χ3v) is 6.18. The van der Waals surface area contributed by atoms with Gasteiger partial charge in [0.25, 0.3) is 0 Å². The van der Waals surface area contributed by atoms with Crippen LogP contribution in [-0.4, -0.2) is 32.0 Å². The summed E-state index contributed by atoms with van der Waals surface area (Å²) in [7, 11) is 1.66. The van der Waals surface area contributed by atoms with E-state index in [2.05, 4.69) is 27.3 Å². The number of benzene rings is 1. The molecule has 9 heteroatoms. The van der Waals surface area contributed by atoms with Crippen LogP contribution in [0.3, 0.4) is 0 Å². The molecule has 1 atom stereocenters. The molecule has 0 fully saturated rings. The van der Waals surface area contributed by atoms with Crippen LogP contribution in [-0.2, 0) is 6.42 Å². The fourth-order valence-corrected chi connectivity index (χ4v) is 4.50. The van der Waals surface area contributed by atoms with Crippen LogP contribution in [0, 0.1) is 0 Å². The number of thioether (sulfide) groups is 1. The molecule has 4 rings (SSSR count). The van der Waals surface area contributed by atoms with Crippen LogP contribution < -0.4 is 4.74 Å². The van der Waals surface area contributed by atoms with Crippen molar-refractivity contribution in [1.29, 1.82) is 0 Å². The number of aryl methyl sites for hydroxylation is 1. The molecule has 4 aromatic rings. The molecular weight excluding hydrogens is 406 g/mol. The number of hydrogen-bond acceptors (Lipinski definition) is 8. The van der Waals surface area contributed by atoms with Crippen molar-refractivity contribution < 1.29 is 9.26 Å². The lowest BCUT2D eigenvalue weighted by atomic mass is 10.3. The van der Waals surface area contributed by atoms with E-state index in [1.807, 2.05) is 53.3 Å². The molecule has 150 valence electrons. The van der Waals surface area contributed by atoms with Crippen LogP contribution in [0.15, 0.2) is 51.5 Å². The first kappa shape index (κ1) is 19.7. The first-order valence-electron chi connectivity index (χ1n) is 9.33. The molecule has 0 radical (unpaired) electrons. The molecule has 29 heavy (non-hydrogen) atoms. The monoisotopic (exact) mass is 427 g/mol. The molecule has 3 aromatic heterocycles. The number of hydrogen-bond donors (Lipinski definition) is 0. The molecule has 0 saturated heterocycles. The van der Waals surface area contributed by atoms with Gasteiger partial charge in [0.05, 0.1) is 22.9 Å². The molecule has 0 bridgehead atoms. The molecule has 1 aromatic carbocycles. The van der Waals surface area contributed by atoms with Crippen LogP contribution in [0.25, 0.3) is 16.4 Å². The second-order valence-corrected chi connectivity index (χ2v) is 8.61. The highest BCUT2D eigenvalue weighted by molar-refractivity contribution is 7.99. The van der Waals surface area contributed by atoms with Gasteiger partial charge in [-0.2, -0.15) is 4.98 Å². The molecule has 7 nitrogen and oxygen atoms in total. The van der Waals surface area contributed by atoms with Crippen molar-refractivity contribution in [3.63, 3.8) is 0 Å². The molecule has 0 aliphatic rings. The average Bonchev–Trinajstić information content (AvgIpc) is 3.49. The lowest BCUT2D eigenvalue weighted by Crippen LogP contribution is -2.02. The van der Waals surface area contributed by atoms with Gasteiger partial charge in [0.15, 0.2) is 16.8 Å². The van der Waals surface area contributed by atoms with Gasteiger partial charge in [-0.3, -0.25) is 4.57 Å². The minimum absolute atomic E-state index is 0.0676. The maximum atomic E-state index is 5.59. The van der Waals surface area contributed by atoms with Crippen molar-refractivity contribution in [2.24, 2.45) is 0 Å². The van der Waals surface area contributed by atoms with Crippen LogP contribution in [0.2, 0.25) is 0 Å². The predicted octanol–water partition coefficient (Wildman–Crippen LogP) is 5.19. The Balaban J connectivity index is 1.73. The summed E-state index contributed by atoms with van der Waals surface area (Å²) in [6, 6.07) is 11.9. The molecule has 0 aliphatic heterocycles. The third kappa shape index (κ3) is 4.06. The highest BCUT2D eigenvalue weighted by Gasteiger charge is 2.23. The number of para-hydroxylation sites is 2. The van der Waals surface area contributed by atoms with Gasteiger partial charge >= 0.3 is 0 Å². The van der Waals surface area contributed by atoms with Gasteiger partial charge in [0, 0.05) is 6.42 Å². The number of rotatable bonds is 8. The van der Waals surface area contributed by atoms with Crippen LogP contribution in [0.1, 0.15) is 37.2 Å².